The molecule has 1 amide bonds. The Morgan fingerprint density at radius 2 is 2.14 bits per heavy atom. The van der Waals surface area contributed by atoms with Gasteiger partial charge in [-0.1, -0.05) is 0 Å². The van der Waals surface area contributed by atoms with Crippen LogP contribution in [0, 0.1) is 0 Å². The number of esters is 1. The molecule has 1 aromatic rings. The van der Waals surface area contributed by atoms with Gasteiger partial charge in [0.25, 0.3) is 0 Å². The highest BCUT2D eigenvalue weighted by Crippen LogP contribution is 2.32. The molecule has 0 aliphatic carbocycles. The van der Waals surface area contributed by atoms with E-state index in [9.17, 15) is 9.59 Å². The maximum atomic E-state index is 12.3. The summed E-state index contributed by atoms with van der Waals surface area (Å²) in [7, 11) is 0. The molecule has 2 heterocycles. The number of aromatic nitrogens is 3. The molecule has 0 radical (unpaired) electrons. The molecule has 1 atom stereocenters. The minimum absolute atomic E-state index is 0.00811. The zero-order chi connectivity index (χ0) is 15.9. The SMILES string of the molecule is CCOCCC(=O)N1CCCC1c1n[nH]nc1C(=O)OCC. The van der Waals surface area contributed by atoms with Gasteiger partial charge in [0.1, 0.15) is 5.69 Å². The van der Waals surface area contributed by atoms with Gasteiger partial charge in [0.05, 0.1) is 25.7 Å². The van der Waals surface area contributed by atoms with Crippen molar-refractivity contribution in [3.05, 3.63) is 11.4 Å². The number of hydrogen-bond donors (Lipinski definition) is 1. The first-order valence-corrected chi connectivity index (χ1v) is 7.64. The van der Waals surface area contributed by atoms with E-state index in [4.69, 9.17) is 9.47 Å². The number of carbonyl (C=O) groups is 2. The third kappa shape index (κ3) is 3.62. The van der Waals surface area contributed by atoms with E-state index in [0.717, 1.165) is 12.8 Å². The fraction of sp³-hybridized carbons (Fsp3) is 0.714. The van der Waals surface area contributed by atoms with Crippen molar-refractivity contribution < 1.29 is 19.1 Å². The van der Waals surface area contributed by atoms with Crippen molar-refractivity contribution in [2.24, 2.45) is 0 Å². The number of likely N-dealkylation sites (tertiary alicyclic amines) is 1. The molecule has 0 saturated carbocycles. The van der Waals surface area contributed by atoms with Crippen LogP contribution in [0.4, 0.5) is 0 Å². The minimum atomic E-state index is -0.514. The van der Waals surface area contributed by atoms with Crippen LogP contribution in [0.5, 0.6) is 0 Å². The van der Waals surface area contributed by atoms with Crippen molar-refractivity contribution >= 4 is 11.9 Å². The maximum Gasteiger partial charge on any atom is 0.360 e. The van der Waals surface area contributed by atoms with Crippen LogP contribution in [-0.2, 0) is 14.3 Å². The summed E-state index contributed by atoms with van der Waals surface area (Å²) in [6.45, 7) is 5.55. The molecular weight excluding hydrogens is 288 g/mol. The number of rotatable bonds is 7. The number of ether oxygens (including phenoxy) is 2. The lowest BCUT2D eigenvalue weighted by Gasteiger charge is -2.23. The maximum absolute atomic E-state index is 12.3. The van der Waals surface area contributed by atoms with Crippen LogP contribution < -0.4 is 0 Å². The molecule has 0 bridgehead atoms. The largest absolute Gasteiger partial charge is 0.461 e. The van der Waals surface area contributed by atoms with Gasteiger partial charge in [0.2, 0.25) is 5.91 Å². The number of H-pyrrole nitrogens is 1. The monoisotopic (exact) mass is 310 g/mol. The summed E-state index contributed by atoms with van der Waals surface area (Å²) in [5, 5.41) is 10.4. The molecule has 1 aliphatic rings. The van der Waals surface area contributed by atoms with Crippen LogP contribution in [0.15, 0.2) is 0 Å². The standard InChI is InChI=1S/C14H22N4O4/c1-3-21-9-7-11(19)18-8-5-6-10(18)12-13(16-17-15-12)14(20)22-4-2/h10H,3-9H2,1-2H3,(H,15,16,17). The van der Waals surface area contributed by atoms with E-state index in [1.54, 1.807) is 11.8 Å². The van der Waals surface area contributed by atoms with E-state index in [-0.39, 0.29) is 24.2 Å². The molecule has 22 heavy (non-hydrogen) atoms. The Morgan fingerprint density at radius 1 is 1.32 bits per heavy atom. The molecule has 1 N–H and O–H groups in total. The van der Waals surface area contributed by atoms with Crippen molar-refractivity contribution in [3.8, 4) is 0 Å². The Morgan fingerprint density at radius 3 is 2.86 bits per heavy atom. The molecule has 0 spiro atoms. The fourth-order valence-electron chi connectivity index (χ4n) is 2.62. The first-order chi connectivity index (χ1) is 10.7. The molecule has 1 unspecified atom stereocenters. The van der Waals surface area contributed by atoms with E-state index in [0.29, 0.717) is 31.9 Å². The van der Waals surface area contributed by atoms with Crippen LogP contribution in [-0.4, -0.2) is 58.6 Å². The van der Waals surface area contributed by atoms with Gasteiger partial charge in [-0.05, 0) is 26.7 Å². The number of nitrogens with zero attached hydrogens (tertiary/aromatic N) is 3. The minimum Gasteiger partial charge on any atom is -0.461 e. The number of nitrogens with one attached hydrogen (secondary N) is 1. The van der Waals surface area contributed by atoms with Crippen LogP contribution in [0.2, 0.25) is 0 Å². The third-order valence-electron chi connectivity index (χ3n) is 3.60. The molecule has 0 aromatic carbocycles. The van der Waals surface area contributed by atoms with Crippen molar-refractivity contribution in [3.63, 3.8) is 0 Å². The van der Waals surface area contributed by atoms with Gasteiger partial charge < -0.3 is 14.4 Å². The van der Waals surface area contributed by atoms with E-state index >= 15 is 0 Å². The summed E-state index contributed by atoms with van der Waals surface area (Å²) >= 11 is 0. The second-order valence-electron chi connectivity index (χ2n) is 4.97. The van der Waals surface area contributed by atoms with Gasteiger partial charge in [-0.25, -0.2) is 4.79 Å². The predicted octanol–water partition coefficient (Wildman–Crippen LogP) is 1.07. The molecule has 8 nitrogen and oxygen atoms in total. The third-order valence-corrected chi connectivity index (χ3v) is 3.60. The lowest BCUT2D eigenvalue weighted by molar-refractivity contribution is -0.133. The zero-order valence-corrected chi connectivity index (χ0v) is 13.0. The average Bonchev–Trinajstić information content (AvgIpc) is 3.16. The van der Waals surface area contributed by atoms with E-state index in [1.165, 1.54) is 0 Å². The highest BCUT2D eigenvalue weighted by molar-refractivity contribution is 5.88. The van der Waals surface area contributed by atoms with Gasteiger partial charge in [-0.3, -0.25) is 4.79 Å². The summed E-state index contributed by atoms with van der Waals surface area (Å²) in [6.07, 6.45) is 1.97. The van der Waals surface area contributed by atoms with E-state index in [1.807, 2.05) is 6.92 Å². The number of carbonyl (C=O) groups excluding carboxylic acids is 2. The molecule has 1 fully saturated rings. The fourth-order valence-corrected chi connectivity index (χ4v) is 2.62. The highest BCUT2D eigenvalue weighted by Gasteiger charge is 2.35. The molecule has 1 aliphatic heterocycles. The Hall–Kier alpha value is -1.96. The highest BCUT2D eigenvalue weighted by atomic mass is 16.5. The Kier molecular flexibility index (Phi) is 5.88. The molecule has 1 aromatic heterocycles. The van der Waals surface area contributed by atoms with E-state index in [2.05, 4.69) is 15.4 Å². The molecule has 1 saturated heterocycles. The van der Waals surface area contributed by atoms with Crippen LogP contribution >= 0.6 is 0 Å². The van der Waals surface area contributed by atoms with Crippen molar-refractivity contribution in [1.29, 1.82) is 0 Å². The molecule has 2 rings (SSSR count). The van der Waals surface area contributed by atoms with Crippen LogP contribution in [0.3, 0.4) is 0 Å². The van der Waals surface area contributed by atoms with Crippen LogP contribution in [0.1, 0.15) is 55.3 Å². The first kappa shape index (κ1) is 16.4. The van der Waals surface area contributed by atoms with Crippen molar-refractivity contribution in [2.45, 2.75) is 39.2 Å². The second-order valence-corrected chi connectivity index (χ2v) is 4.97. The van der Waals surface area contributed by atoms with Gasteiger partial charge in [-0.15, -0.1) is 5.10 Å². The predicted molar refractivity (Wildman–Crippen MR) is 77.1 cm³/mol. The Balaban J connectivity index is 2.09. The average molecular weight is 310 g/mol. The van der Waals surface area contributed by atoms with Crippen LogP contribution in [0.25, 0.3) is 0 Å². The molecular formula is C14H22N4O4. The number of aromatic amines is 1. The normalized spacial score (nSPS) is 17.7. The Bertz CT molecular complexity index is 517. The molecule has 122 valence electrons. The number of amides is 1. The van der Waals surface area contributed by atoms with Crippen molar-refractivity contribution in [1.82, 2.24) is 20.3 Å². The second kappa shape index (κ2) is 7.88. The van der Waals surface area contributed by atoms with Gasteiger partial charge >= 0.3 is 5.97 Å². The van der Waals surface area contributed by atoms with Crippen molar-refractivity contribution in [2.75, 3.05) is 26.4 Å². The molecule has 8 heteroatoms. The van der Waals surface area contributed by atoms with Gasteiger partial charge in [0.15, 0.2) is 5.69 Å². The lowest BCUT2D eigenvalue weighted by atomic mass is 10.1. The smallest absolute Gasteiger partial charge is 0.360 e. The van der Waals surface area contributed by atoms with E-state index < -0.39 is 5.97 Å². The summed E-state index contributed by atoms with van der Waals surface area (Å²) < 4.78 is 10.2. The Labute approximate surface area is 129 Å². The lowest BCUT2D eigenvalue weighted by Crippen LogP contribution is -2.32. The summed E-state index contributed by atoms with van der Waals surface area (Å²) in [4.78, 5) is 26.0. The zero-order valence-electron chi connectivity index (χ0n) is 13.0. The quantitative estimate of drug-likeness (QED) is 0.597. The summed E-state index contributed by atoms with van der Waals surface area (Å²) in [6, 6.07) is -0.229. The summed E-state index contributed by atoms with van der Waals surface area (Å²) in [5.74, 6) is -0.506. The van der Waals surface area contributed by atoms with Gasteiger partial charge in [0, 0.05) is 13.2 Å². The number of hydrogen-bond acceptors (Lipinski definition) is 6. The topological polar surface area (TPSA) is 97.4 Å². The van der Waals surface area contributed by atoms with Gasteiger partial charge in [-0.2, -0.15) is 10.3 Å². The first-order valence-electron chi connectivity index (χ1n) is 7.64. The summed E-state index contributed by atoms with van der Waals surface area (Å²) in [5.41, 5.74) is 0.650.